The van der Waals surface area contributed by atoms with Crippen molar-refractivity contribution in [3.8, 4) is 0 Å². The third-order valence-electron chi connectivity index (χ3n) is 13.0. The predicted octanol–water partition coefficient (Wildman–Crippen LogP) is 5.10. The molecule has 5 heteroatoms. The van der Waals surface area contributed by atoms with E-state index in [4.69, 9.17) is 0 Å². The van der Waals surface area contributed by atoms with Crippen LogP contribution in [0.3, 0.4) is 0 Å². The Kier molecular flexibility index (Phi) is 5.42. The lowest BCUT2D eigenvalue weighted by atomic mass is 9.36. The average Bonchev–Trinajstić information content (AvgIpc) is 2.79. The Morgan fingerprint density at radius 3 is 2.20 bits per heavy atom. The molecule has 0 unspecified atom stereocenters. The van der Waals surface area contributed by atoms with E-state index < -0.39 is 29.0 Å². The van der Waals surface area contributed by atoms with Crippen LogP contribution in [0.2, 0.25) is 0 Å². The Labute approximate surface area is 210 Å². The Hall–Kier alpha value is -1.17. The van der Waals surface area contributed by atoms with Crippen molar-refractivity contribution in [2.75, 3.05) is 6.61 Å². The van der Waals surface area contributed by atoms with Crippen molar-refractivity contribution in [1.29, 1.82) is 0 Å². The van der Waals surface area contributed by atoms with Gasteiger partial charge in [-0.25, -0.2) is 0 Å². The lowest BCUT2D eigenvalue weighted by Crippen LogP contribution is -2.62. The van der Waals surface area contributed by atoms with E-state index >= 15 is 0 Å². The summed E-state index contributed by atoms with van der Waals surface area (Å²) in [6.45, 7) is 13.3. The van der Waals surface area contributed by atoms with E-state index in [2.05, 4.69) is 46.8 Å². The molecule has 4 fully saturated rings. The molecule has 5 rings (SSSR count). The molecule has 0 aromatic heterocycles. The number of aliphatic carboxylic acids is 1. The maximum atomic E-state index is 12.3. The van der Waals surface area contributed by atoms with Crippen molar-refractivity contribution >= 4 is 5.97 Å². The van der Waals surface area contributed by atoms with Gasteiger partial charge in [0.15, 0.2) is 0 Å². The molecule has 0 aromatic rings. The van der Waals surface area contributed by atoms with E-state index in [-0.39, 0.29) is 40.1 Å². The maximum absolute atomic E-state index is 12.3. The minimum atomic E-state index is -1.12. The lowest BCUT2D eigenvalue weighted by Gasteiger charge is -2.68. The summed E-state index contributed by atoms with van der Waals surface area (Å²) in [5, 5.41) is 42.2. The van der Waals surface area contributed by atoms with Crippen molar-refractivity contribution in [2.45, 2.75) is 105 Å². The van der Waals surface area contributed by atoms with Gasteiger partial charge in [0, 0.05) is 5.41 Å². The standard InChI is InChI=1S/C30H46O5/c1-25-13-14-29(5)18(19(25)15-27(3,24(34)35)23(33)16-25)7-8-21-26(2)11-10-22(32)28(4,17-31)20(26)9-12-30(21,29)6/h7-8,19-20,22-23,31-33H,9-17H2,1-6H3,(H,34,35)/t19-,20+,22-,23+,25-,26-,27-,28+,29+,30+/m0/s1. The first-order valence-corrected chi connectivity index (χ1v) is 13.8. The second kappa shape index (κ2) is 7.45. The lowest BCUT2D eigenvalue weighted by molar-refractivity contribution is -0.171. The zero-order valence-electron chi connectivity index (χ0n) is 22.5. The number of carboxylic acids is 1. The van der Waals surface area contributed by atoms with Gasteiger partial charge in [0.2, 0.25) is 0 Å². The molecule has 5 aliphatic rings. The minimum Gasteiger partial charge on any atom is -0.481 e. The van der Waals surface area contributed by atoms with E-state index in [1.54, 1.807) is 6.92 Å². The fraction of sp³-hybridized carbons (Fsp3) is 0.833. The highest BCUT2D eigenvalue weighted by Gasteiger charge is 2.67. The molecule has 5 aliphatic carbocycles. The summed E-state index contributed by atoms with van der Waals surface area (Å²) < 4.78 is 0. The van der Waals surface area contributed by atoms with Crippen LogP contribution in [0.4, 0.5) is 0 Å². The molecule has 0 saturated heterocycles. The van der Waals surface area contributed by atoms with Crippen LogP contribution in [-0.4, -0.2) is 45.2 Å². The van der Waals surface area contributed by atoms with Gasteiger partial charge < -0.3 is 20.4 Å². The van der Waals surface area contributed by atoms with Crippen LogP contribution in [0, 0.1) is 44.3 Å². The molecule has 0 aromatic carbocycles. The summed E-state index contributed by atoms with van der Waals surface area (Å²) in [6, 6.07) is 0. The normalized spacial score (nSPS) is 55.5. The second-order valence-electron chi connectivity index (χ2n) is 14.4. The average molecular weight is 487 g/mol. The molecule has 196 valence electrons. The zero-order chi connectivity index (χ0) is 25.8. The summed E-state index contributed by atoms with van der Waals surface area (Å²) >= 11 is 0. The van der Waals surface area contributed by atoms with Gasteiger partial charge in [-0.1, -0.05) is 57.9 Å². The molecule has 0 aliphatic heterocycles. The zero-order valence-corrected chi connectivity index (χ0v) is 22.5. The Morgan fingerprint density at radius 2 is 1.57 bits per heavy atom. The van der Waals surface area contributed by atoms with Crippen LogP contribution in [0.1, 0.15) is 92.9 Å². The number of allylic oxidation sites excluding steroid dienone is 4. The summed E-state index contributed by atoms with van der Waals surface area (Å²) in [5.41, 5.74) is 0.967. The largest absolute Gasteiger partial charge is 0.481 e. The molecular formula is C30H46O5. The summed E-state index contributed by atoms with van der Waals surface area (Å²) in [4.78, 5) is 12.3. The van der Waals surface area contributed by atoms with Crippen molar-refractivity contribution in [3.05, 3.63) is 23.3 Å². The molecule has 0 amide bonds. The van der Waals surface area contributed by atoms with E-state index in [1.807, 2.05) is 0 Å². The molecule has 0 heterocycles. The van der Waals surface area contributed by atoms with Crippen LogP contribution in [0.5, 0.6) is 0 Å². The number of fused-ring (bicyclic) bond motifs is 7. The third-order valence-corrected chi connectivity index (χ3v) is 13.0. The summed E-state index contributed by atoms with van der Waals surface area (Å²) in [5.74, 6) is -0.521. The number of carbonyl (C=O) groups is 1. The van der Waals surface area contributed by atoms with Crippen LogP contribution < -0.4 is 0 Å². The van der Waals surface area contributed by atoms with Gasteiger partial charge in [-0.15, -0.1) is 0 Å². The number of hydrogen-bond donors (Lipinski definition) is 4. The van der Waals surface area contributed by atoms with Gasteiger partial charge in [0.05, 0.1) is 24.2 Å². The predicted molar refractivity (Wildman–Crippen MR) is 135 cm³/mol. The van der Waals surface area contributed by atoms with Gasteiger partial charge in [0.25, 0.3) is 0 Å². The monoisotopic (exact) mass is 486 g/mol. The third kappa shape index (κ3) is 2.95. The van der Waals surface area contributed by atoms with Crippen molar-refractivity contribution in [1.82, 2.24) is 0 Å². The van der Waals surface area contributed by atoms with Gasteiger partial charge in [-0.05, 0) is 91.8 Å². The van der Waals surface area contributed by atoms with E-state index in [0.29, 0.717) is 19.3 Å². The first kappa shape index (κ1) is 25.5. The fourth-order valence-electron chi connectivity index (χ4n) is 9.97. The van der Waals surface area contributed by atoms with Crippen LogP contribution >= 0.6 is 0 Å². The quantitative estimate of drug-likeness (QED) is 0.435. The van der Waals surface area contributed by atoms with Crippen molar-refractivity contribution < 1.29 is 25.2 Å². The Morgan fingerprint density at radius 1 is 0.886 bits per heavy atom. The molecule has 0 bridgehead atoms. The molecule has 35 heavy (non-hydrogen) atoms. The van der Waals surface area contributed by atoms with E-state index in [0.717, 1.165) is 32.1 Å². The first-order chi connectivity index (χ1) is 16.1. The van der Waals surface area contributed by atoms with Crippen LogP contribution in [-0.2, 0) is 4.79 Å². The van der Waals surface area contributed by atoms with Gasteiger partial charge in [-0.3, -0.25) is 4.79 Å². The van der Waals surface area contributed by atoms with Gasteiger partial charge >= 0.3 is 5.97 Å². The molecule has 10 atom stereocenters. The maximum Gasteiger partial charge on any atom is 0.312 e. The molecule has 4 N–H and O–H groups in total. The molecule has 4 saturated carbocycles. The van der Waals surface area contributed by atoms with E-state index in [1.165, 1.54) is 11.1 Å². The number of aliphatic hydroxyl groups excluding tert-OH is 3. The molecular weight excluding hydrogens is 440 g/mol. The van der Waals surface area contributed by atoms with Crippen molar-refractivity contribution in [3.63, 3.8) is 0 Å². The number of aliphatic hydroxyl groups is 3. The summed E-state index contributed by atoms with van der Waals surface area (Å²) in [7, 11) is 0. The van der Waals surface area contributed by atoms with Gasteiger partial charge in [0.1, 0.15) is 0 Å². The molecule has 0 radical (unpaired) electrons. The highest BCUT2D eigenvalue weighted by molar-refractivity contribution is 5.75. The second-order valence-corrected chi connectivity index (χ2v) is 14.4. The first-order valence-electron chi connectivity index (χ1n) is 13.8. The van der Waals surface area contributed by atoms with Crippen LogP contribution in [0.25, 0.3) is 0 Å². The topological polar surface area (TPSA) is 98.0 Å². The fourth-order valence-corrected chi connectivity index (χ4v) is 9.97. The number of carboxylic acid groups (broad SMARTS) is 1. The van der Waals surface area contributed by atoms with E-state index in [9.17, 15) is 25.2 Å². The Bertz CT molecular complexity index is 1000. The molecule has 5 nitrogen and oxygen atoms in total. The van der Waals surface area contributed by atoms with Crippen LogP contribution in [0.15, 0.2) is 23.3 Å². The van der Waals surface area contributed by atoms with Crippen molar-refractivity contribution in [2.24, 2.45) is 44.3 Å². The highest BCUT2D eigenvalue weighted by atomic mass is 16.4. The smallest absolute Gasteiger partial charge is 0.312 e. The minimum absolute atomic E-state index is 0.00724. The highest BCUT2D eigenvalue weighted by Crippen LogP contribution is 2.74. The number of hydrogen-bond acceptors (Lipinski definition) is 4. The van der Waals surface area contributed by atoms with Gasteiger partial charge in [-0.2, -0.15) is 0 Å². The SMILES string of the molecule is C[C@@]12CC[C@]3(C)C(=CC=C4[C@@]5(C)CC[C@H](O)[C@](C)(CO)[C@@H]5CC[C@]43C)[C@@H]1C[C@](C)(C(=O)O)[C@H](O)C2. The molecule has 0 spiro atoms. The summed E-state index contributed by atoms with van der Waals surface area (Å²) in [6.07, 6.45) is 10.1. The number of rotatable bonds is 2. The Balaban J connectivity index is 1.62.